The molecule has 4 heteroatoms. The van der Waals surface area contributed by atoms with Crippen LogP contribution in [0.4, 0.5) is 0 Å². The molecule has 0 fully saturated rings. The third-order valence-corrected chi connectivity index (χ3v) is 3.53. The zero-order valence-corrected chi connectivity index (χ0v) is 11.9. The van der Waals surface area contributed by atoms with Gasteiger partial charge in [-0.3, -0.25) is 0 Å². The Balaban J connectivity index is 2.63. The average molecular weight is 276 g/mol. The first-order valence-corrected chi connectivity index (χ1v) is 6.53. The van der Waals surface area contributed by atoms with E-state index in [9.17, 15) is 5.11 Å². The Morgan fingerprint density at radius 1 is 1.24 bits per heavy atom. The van der Waals surface area contributed by atoms with Gasteiger partial charge in [0.25, 0.3) is 0 Å². The summed E-state index contributed by atoms with van der Waals surface area (Å²) in [6.07, 6.45) is -0.637. The van der Waals surface area contributed by atoms with E-state index in [1.807, 2.05) is 0 Å². The lowest BCUT2D eigenvalue weighted by molar-refractivity contribution is 0.167. The van der Waals surface area contributed by atoms with Gasteiger partial charge in [-0.25, -0.2) is 0 Å². The summed E-state index contributed by atoms with van der Waals surface area (Å²) in [7, 11) is 0. The van der Waals surface area contributed by atoms with Crippen molar-refractivity contribution >= 4 is 23.2 Å². The molecule has 0 aliphatic carbocycles. The highest BCUT2D eigenvalue weighted by atomic mass is 35.5. The molecule has 1 aromatic rings. The molecule has 0 spiro atoms. The lowest BCUT2D eigenvalue weighted by atomic mass is 10.1. The van der Waals surface area contributed by atoms with Crippen LogP contribution in [0.1, 0.15) is 32.4 Å². The molecule has 17 heavy (non-hydrogen) atoms. The van der Waals surface area contributed by atoms with Crippen molar-refractivity contribution in [2.24, 2.45) is 5.92 Å². The van der Waals surface area contributed by atoms with E-state index in [1.54, 1.807) is 18.2 Å². The first kappa shape index (κ1) is 14.8. The van der Waals surface area contributed by atoms with Crippen molar-refractivity contribution in [3.63, 3.8) is 0 Å². The molecule has 0 saturated heterocycles. The van der Waals surface area contributed by atoms with Crippen LogP contribution in [0, 0.1) is 5.92 Å². The van der Waals surface area contributed by atoms with E-state index in [2.05, 4.69) is 26.1 Å². The van der Waals surface area contributed by atoms with Crippen molar-refractivity contribution < 1.29 is 5.11 Å². The SMILES string of the molecule is CC(C)C(C)NCC(O)c1cc(Cl)ccc1Cl. The summed E-state index contributed by atoms with van der Waals surface area (Å²) in [5.74, 6) is 0.525. The summed E-state index contributed by atoms with van der Waals surface area (Å²) in [6.45, 7) is 6.84. The van der Waals surface area contributed by atoms with Gasteiger partial charge < -0.3 is 10.4 Å². The fourth-order valence-electron chi connectivity index (χ4n) is 1.41. The average Bonchev–Trinajstić information content (AvgIpc) is 2.28. The largest absolute Gasteiger partial charge is 0.387 e. The Hall–Kier alpha value is -0.280. The lowest BCUT2D eigenvalue weighted by Gasteiger charge is -2.20. The van der Waals surface area contributed by atoms with Gasteiger partial charge in [-0.2, -0.15) is 0 Å². The predicted molar refractivity (Wildman–Crippen MR) is 73.7 cm³/mol. The second-order valence-corrected chi connectivity index (χ2v) is 5.47. The van der Waals surface area contributed by atoms with Crippen molar-refractivity contribution in [2.45, 2.75) is 32.9 Å². The molecular weight excluding hydrogens is 257 g/mol. The van der Waals surface area contributed by atoms with Crippen LogP contribution in [0.15, 0.2) is 18.2 Å². The van der Waals surface area contributed by atoms with Gasteiger partial charge >= 0.3 is 0 Å². The summed E-state index contributed by atoms with van der Waals surface area (Å²) >= 11 is 11.9. The van der Waals surface area contributed by atoms with E-state index in [0.717, 1.165) is 0 Å². The molecule has 0 aliphatic rings. The van der Waals surface area contributed by atoms with Crippen LogP contribution in [-0.4, -0.2) is 17.7 Å². The second-order valence-electron chi connectivity index (χ2n) is 4.62. The topological polar surface area (TPSA) is 32.3 Å². The Kier molecular flexibility index (Phi) is 5.74. The molecule has 2 unspecified atom stereocenters. The highest BCUT2D eigenvalue weighted by Gasteiger charge is 2.14. The summed E-state index contributed by atoms with van der Waals surface area (Å²) < 4.78 is 0. The maximum Gasteiger partial charge on any atom is 0.0929 e. The van der Waals surface area contributed by atoms with Gasteiger partial charge in [0.05, 0.1) is 6.10 Å². The molecule has 1 rings (SSSR count). The van der Waals surface area contributed by atoms with Crippen molar-refractivity contribution in [3.8, 4) is 0 Å². The number of aliphatic hydroxyl groups excluding tert-OH is 1. The van der Waals surface area contributed by atoms with Crippen LogP contribution in [-0.2, 0) is 0 Å². The Bertz CT molecular complexity index is 368. The Labute approximate surface area is 113 Å². The highest BCUT2D eigenvalue weighted by Crippen LogP contribution is 2.26. The molecule has 0 heterocycles. The fourth-order valence-corrected chi connectivity index (χ4v) is 1.84. The van der Waals surface area contributed by atoms with E-state index in [-0.39, 0.29) is 0 Å². The van der Waals surface area contributed by atoms with E-state index in [4.69, 9.17) is 23.2 Å². The second kappa shape index (κ2) is 6.60. The zero-order valence-electron chi connectivity index (χ0n) is 10.4. The van der Waals surface area contributed by atoms with E-state index >= 15 is 0 Å². The molecule has 0 bridgehead atoms. The van der Waals surface area contributed by atoms with E-state index in [0.29, 0.717) is 34.1 Å². The van der Waals surface area contributed by atoms with Gasteiger partial charge in [-0.05, 0) is 31.0 Å². The first-order valence-electron chi connectivity index (χ1n) is 5.78. The molecular formula is C13H19Cl2NO. The van der Waals surface area contributed by atoms with Crippen molar-refractivity contribution in [3.05, 3.63) is 33.8 Å². The van der Waals surface area contributed by atoms with Crippen molar-refractivity contribution in [1.82, 2.24) is 5.32 Å². The monoisotopic (exact) mass is 275 g/mol. The van der Waals surface area contributed by atoms with Crippen LogP contribution in [0.3, 0.4) is 0 Å². The molecule has 96 valence electrons. The quantitative estimate of drug-likeness (QED) is 0.860. The summed E-state index contributed by atoms with van der Waals surface area (Å²) in [5.41, 5.74) is 0.669. The highest BCUT2D eigenvalue weighted by molar-refractivity contribution is 6.33. The Morgan fingerprint density at radius 3 is 2.47 bits per heavy atom. The van der Waals surface area contributed by atoms with Gasteiger partial charge in [-0.15, -0.1) is 0 Å². The molecule has 0 saturated carbocycles. The molecule has 1 aromatic carbocycles. The molecule has 2 atom stereocenters. The number of nitrogens with one attached hydrogen (secondary N) is 1. The normalized spacial score (nSPS) is 15.0. The van der Waals surface area contributed by atoms with Crippen LogP contribution in [0.2, 0.25) is 10.0 Å². The minimum Gasteiger partial charge on any atom is -0.387 e. The van der Waals surface area contributed by atoms with Gasteiger partial charge in [-0.1, -0.05) is 37.0 Å². The van der Waals surface area contributed by atoms with Crippen molar-refractivity contribution in [1.29, 1.82) is 0 Å². The summed E-state index contributed by atoms with van der Waals surface area (Å²) in [4.78, 5) is 0. The van der Waals surface area contributed by atoms with Crippen LogP contribution >= 0.6 is 23.2 Å². The molecule has 0 aliphatic heterocycles. The molecule has 2 nitrogen and oxygen atoms in total. The van der Waals surface area contributed by atoms with Gasteiger partial charge in [0.1, 0.15) is 0 Å². The minimum atomic E-state index is -0.637. The Morgan fingerprint density at radius 2 is 1.88 bits per heavy atom. The summed E-state index contributed by atoms with van der Waals surface area (Å²) in [5, 5.41) is 14.5. The third-order valence-electron chi connectivity index (χ3n) is 2.95. The minimum absolute atomic E-state index is 0.350. The molecule has 2 N–H and O–H groups in total. The third kappa shape index (κ3) is 4.47. The number of aliphatic hydroxyl groups is 1. The van der Waals surface area contributed by atoms with Crippen LogP contribution in [0.5, 0.6) is 0 Å². The number of rotatable bonds is 5. The molecule has 0 amide bonds. The maximum absolute atomic E-state index is 10.1. The number of hydrogen-bond donors (Lipinski definition) is 2. The zero-order chi connectivity index (χ0) is 13.0. The van der Waals surface area contributed by atoms with Gasteiger partial charge in [0.2, 0.25) is 0 Å². The van der Waals surface area contributed by atoms with Gasteiger partial charge in [0.15, 0.2) is 0 Å². The number of benzene rings is 1. The predicted octanol–water partition coefficient (Wildman–Crippen LogP) is 3.66. The first-order chi connectivity index (χ1) is 7.91. The van der Waals surface area contributed by atoms with Crippen molar-refractivity contribution in [2.75, 3.05) is 6.54 Å². The lowest BCUT2D eigenvalue weighted by Crippen LogP contribution is -2.34. The molecule has 0 aromatic heterocycles. The number of hydrogen-bond acceptors (Lipinski definition) is 2. The van der Waals surface area contributed by atoms with E-state index in [1.165, 1.54) is 0 Å². The molecule has 0 radical (unpaired) electrons. The van der Waals surface area contributed by atoms with Crippen LogP contribution in [0.25, 0.3) is 0 Å². The van der Waals surface area contributed by atoms with Crippen LogP contribution < -0.4 is 5.32 Å². The maximum atomic E-state index is 10.1. The standard InChI is InChI=1S/C13H19Cl2NO/c1-8(2)9(3)16-7-13(17)11-6-10(14)4-5-12(11)15/h4-6,8-9,13,16-17H,7H2,1-3H3. The smallest absolute Gasteiger partial charge is 0.0929 e. The van der Waals surface area contributed by atoms with Gasteiger partial charge in [0, 0.05) is 28.2 Å². The summed E-state index contributed by atoms with van der Waals surface area (Å²) in [6, 6.07) is 5.47. The van der Waals surface area contributed by atoms with E-state index < -0.39 is 6.10 Å². The fraction of sp³-hybridized carbons (Fsp3) is 0.538. The number of halogens is 2.